The first-order chi connectivity index (χ1) is 7.68. The van der Waals surface area contributed by atoms with Crippen LogP contribution in [-0.4, -0.2) is 37.0 Å². The van der Waals surface area contributed by atoms with E-state index in [0.717, 1.165) is 19.0 Å². The number of para-hydroxylation sites is 1. The Hall–Kier alpha value is -1.51. The lowest BCUT2D eigenvalue weighted by Gasteiger charge is -2.21. The molecule has 0 N–H and O–H groups in total. The largest absolute Gasteiger partial charge is 0.344 e. The Kier molecular flexibility index (Phi) is 3.13. The van der Waals surface area contributed by atoms with E-state index in [4.69, 9.17) is 0 Å². The van der Waals surface area contributed by atoms with Gasteiger partial charge in [0.15, 0.2) is 0 Å². The summed E-state index contributed by atoms with van der Waals surface area (Å²) in [4.78, 5) is 9.18. The van der Waals surface area contributed by atoms with E-state index in [1.165, 1.54) is 5.69 Å². The molecule has 1 aromatic rings. The second-order valence-electron chi connectivity index (χ2n) is 4.43. The summed E-state index contributed by atoms with van der Waals surface area (Å²) in [6.45, 7) is 6.29. The molecule has 16 heavy (non-hydrogen) atoms. The van der Waals surface area contributed by atoms with Gasteiger partial charge in [-0.15, -0.1) is 0 Å². The summed E-state index contributed by atoms with van der Waals surface area (Å²) in [5, 5.41) is 0. The fourth-order valence-corrected chi connectivity index (χ4v) is 1.91. The molecule has 1 aliphatic rings. The van der Waals surface area contributed by atoms with E-state index in [0.29, 0.717) is 6.04 Å². The molecule has 0 spiro atoms. The summed E-state index contributed by atoms with van der Waals surface area (Å²) in [6.07, 6.45) is 0. The van der Waals surface area contributed by atoms with Gasteiger partial charge in [-0.2, -0.15) is 0 Å². The summed E-state index contributed by atoms with van der Waals surface area (Å²) in [5.74, 6) is 1.08. The van der Waals surface area contributed by atoms with E-state index in [9.17, 15) is 0 Å². The molecule has 1 heterocycles. The fraction of sp³-hybridized carbons (Fsp3) is 0.462. The SMILES string of the molecule is CC(C)N=C1N(C)CCN1c1ccccc1. The number of guanidine groups is 1. The quantitative estimate of drug-likeness (QED) is 0.756. The zero-order valence-electron chi connectivity index (χ0n) is 10.2. The molecule has 0 atom stereocenters. The second kappa shape index (κ2) is 4.56. The predicted octanol–water partition coefficient (Wildman–Crippen LogP) is 2.20. The Balaban J connectivity index is 2.28. The number of hydrogen-bond acceptors (Lipinski definition) is 1. The van der Waals surface area contributed by atoms with Crippen LogP contribution in [0.2, 0.25) is 0 Å². The molecule has 3 heteroatoms. The van der Waals surface area contributed by atoms with Gasteiger partial charge in [-0.05, 0) is 26.0 Å². The van der Waals surface area contributed by atoms with Gasteiger partial charge in [-0.1, -0.05) is 18.2 Å². The highest BCUT2D eigenvalue weighted by atomic mass is 15.4. The Morgan fingerprint density at radius 1 is 1.12 bits per heavy atom. The molecule has 1 saturated heterocycles. The molecule has 1 fully saturated rings. The molecule has 86 valence electrons. The maximum absolute atomic E-state index is 4.68. The number of benzene rings is 1. The molecule has 0 unspecified atom stereocenters. The lowest BCUT2D eigenvalue weighted by molar-refractivity contribution is 0.557. The minimum absolute atomic E-state index is 0.335. The van der Waals surface area contributed by atoms with Crippen molar-refractivity contribution in [2.75, 3.05) is 25.0 Å². The maximum Gasteiger partial charge on any atom is 0.201 e. The first-order valence-corrected chi connectivity index (χ1v) is 5.80. The topological polar surface area (TPSA) is 18.8 Å². The summed E-state index contributed by atoms with van der Waals surface area (Å²) in [5.41, 5.74) is 1.23. The fourth-order valence-electron chi connectivity index (χ4n) is 1.91. The number of nitrogens with zero attached hydrogens (tertiary/aromatic N) is 3. The molecule has 0 amide bonds. The average Bonchev–Trinajstić information content (AvgIpc) is 2.61. The third-order valence-corrected chi connectivity index (χ3v) is 2.68. The molecule has 0 aromatic heterocycles. The minimum atomic E-state index is 0.335. The predicted molar refractivity (Wildman–Crippen MR) is 69.0 cm³/mol. The number of anilines is 1. The number of hydrogen-bond donors (Lipinski definition) is 0. The van der Waals surface area contributed by atoms with Crippen LogP contribution in [0.5, 0.6) is 0 Å². The minimum Gasteiger partial charge on any atom is -0.344 e. The lowest BCUT2D eigenvalue weighted by Crippen LogP contribution is -2.32. The molecule has 0 saturated carbocycles. The monoisotopic (exact) mass is 217 g/mol. The van der Waals surface area contributed by atoms with Gasteiger partial charge < -0.3 is 9.80 Å². The summed E-state index contributed by atoms with van der Waals surface area (Å²) in [7, 11) is 2.10. The van der Waals surface area contributed by atoms with Gasteiger partial charge in [-0.3, -0.25) is 0 Å². The van der Waals surface area contributed by atoms with Gasteiger partial charge >= 0.3 is 0 Å². The standard InChI is InChI=1S/C13H19N3/c1-11(2)14-13-15(3)9-10-16(13)12-7-5-4-6-8-12/h4-8,11H,9-10H2,1-3H3. The molecular weight excluding hydrogens is 198 g/mol. The van der Waals surface area contributed by atoms with Gasteiger partial charge in [0.05, 0.1) is 0 Å². The van der Waals surface area contributed by atoms with Crippen LogP contribution >= 0.6 is 0 Å². The molecule has 1 aromatic carbocycles. The number of likely N-dealkylation sites (N-methyl/N-ethyl adjacent to an activating group) is 1. The smallest absolute Gasteiger partial charge is 0.201 e. The van der Waals surface area contributed by atoms with Gasteiger partial charge in [0, 0.05) is 31.9 Å². The van der Waals surface area contributed by atoms with Crippen LogP contribution in [0.4, 0.5) is 5.69 Å². The third kappa shape index (κ3) is 2.18. The van der Waals surface area contributed by atoms with Crippen LogP contribution in [0.25, 0.3) is 0 Å². The van der Waals surface area contributed by atoms with Crippen molar-refractivity contribution in [2.24, 2.45) is 4.99 Å². The van der Waals surface area contributed by atoms with Crippen LogP contribution in [0.15, 0.2) is 35.3 Å². The van der Waals surface area contributed by atoms with Crippen molar-refractivity contribution < 1.29 is 0 Å². The first kappa shape index (κ1) is 11.0. The van der Waals surface area contributed by atoms with E-state index >= 15 is 0 Å². The second-order valence-corrected chi connectivity index (χ2v) is 4.43. The molecule has 0 radical (unpaired) electrons. The highest BCUT2D eigenvalue weighted by Crippen LogP contribution is 2.19. The Labute approximate surface area is 97.4 Å². The van der Waals surface area contributed by atoms with E-state index < -0.39 is 0 Å². The molecule has 3 nitrogen and oxygen atoms in total. The van der Waals surface area contributed by atoms with Crippen molar-refractivity contribution >= 4 is 11.6 Å². The van der Waals surface area contributed by atoms with Gasteiger partial charge in [0.2, 0.25) is 5.96 Å². The molecule has 0 aliphatic carbocycles. The third-order valence-electron chi connectivity index (χ3n) is 2.68. The van der Waals surface area contributed by atoms with Gasteiger partial charge in [0.1, 0.15) is 0 Å². The highest BCUT2D eigenvalue weighted by molar-refractivity contribution is 5.97. The summed E-state index contributed by atoms with van der Waals surface area (Å²) >= 11 is 0. The molecule has 1 aliphatic heterocycles. The molecule has 2 rings (SSSR count). The van der Waals surface area contributed by atoms with Crippen molar-refractivity contribution in [1.29, 1.82) is 0 Å². The maximum atomic E-state index is 4.68. The van der Waals surface area contributed by atoms with Crippen LogP contribution in [0.3, 0.4) is 0 Å². The summed E-state index contributed by atoms with van der Waals surface area (Å²) in [6, 6.07) is 10.8. The first-order valence-electron chi connectivity index (χ1n) is 5.80. The van der Waals surface area contributed by atoms with Crippen molar-refractivity contribution in [3.05, 3.63) is 30.3 Å². The number of aliphatic imine (C=N–C) groups is 1. The van der Waals surface area contributed by atoms with Gasteiger partial charge in [0.25, 0.3) is 0 Å². The summed E-state index contributed by atoms with van der Waals surface area (Å²) < 4.78 is 0. The van der Waals surface area contributed by atoms with Crippen LogP contribution in [-0.2, 0) is 0 Å². The van der Waals surface area contributed by atoms with Crippen molar-refractivity contribution in [3.63, 3.8) is 0 Å². The lowest BCUT2D eigenvalue weighted by atomic mass is 10.3. The van der Waals surface area contributed by atoms with Crippen molar-refractivity contribution in [2.45, 2.75) is 19.9 Å². The Morgan fingerprint density at radius 3 is 2.44 bits per heavy atom. The Morgan fingerprint density at radius 2 is 1.81 bits per heavy atom. The van der Waals surface area contributed by atoms with Crippen LogP contribution in [0, 0.1) is 0 Å². The van der Waals surface area contributed by atoms with Crippen LogP contribution in [0.1, 0.15) is 13.8 Å². The average molecular weight is 217 g/mol. The zero-order chi connectivity index (χ0) is 11.5. The van der Waals surface area contributed by atoms with Crippen molar-refractivity contribution in [3.8, 4) is 0 Å². The van der Waals surface area contributed by atoms with Crippen molar-refractivity contribution in [1.82, 2.24) is 4.90 Å². The van der Waals surface area contributed by atoms with E-state index in [-0.39, 0.29) is 0 Å². The van der Waals surface area contributed by atoms with E-state index in [1.54, 1.807) is 0 Å². The van der Waals surface area contributed by atoms with E-state index in [2.05, 4.69) is 60.0 Å². The van der Waals surface area contributed by atoms with E-state index in [1.807, 2.05) is 6.07 Å². The Bertz CT molecular complexity index is 370. The highest BCUT2D eigenvalue weighted by Gasteiger charge is 2.24. The zero-order valence-corrected chi connectivity index (χ0v) is 10.2. The molecular formula is C13H19N3. The number of rotatable bonds is 2. The normalized spacial score (nSPS) is 18.9. The van der Waals surface area contributed by atoms with Crippen LogP contribution < -0.4 is 4.90 Å². The van der Waals surface area contributed by atoms with Gasteiger partial charge in [-0.25, -0.2) is 4.99 Å². The molecule has 0 bridgehead atoms.